The van der Waals surface area contributed by atoms with E-state index in [2.05, 4.69) is 5.10 Å². The van der Waals surface area contributed by atoms with Gasteiger partial charge in [-0.15, -0.1) is 0 Å². The first kappa shape index (κ1) is 20.8. The molecule has 1 saturated carbocycles. The van der Waals surface area contributed by atoms with Gasteiger partial charge in [-0.3, -0.25) is 14.5 Å². The lowest BCUT2D eigenvalue weighted by atomic mass is 10.0. The lowest BCUT2D eigenvalue weighted by Crippen LogP contribution is -2.52. The van der Waals surface area contributed by atoms with Gasteiger partial charge in [-0.05, 0) is 37.5 Å². The third-order valence-corrected chi connectivity index (χ3v) is 6.30. The summed E-state index contributed by atoms with van der Waals surface area (Å²) in [6.45, 7) is 3.39. The molecule has 3 heterocycles. The quantitative estimate of drug-likeness (QED) is 0.718. The number of amides is 2. The number of methoxy groups -OCH3 is 1. The SMILES string of the molecule is COC(=O)N1c2ccc(-c3cnn(C4CC4)c3)cc2N(C(=O)OC2CCOCC2)CC1C. The number of hydrogen-bond donors (Lipinski definition) is 0. The van der Waals surface area contributed by atoms with Crippen LogP contribution in [0.1, 0.15) is 38.6 Å². The highest BCUT2D eigenvalue weighted by Crippen LogP contribution is 2.40. The van der Waals surface area contributed by atoms with Crippen LogP contribution in [0.4, 0.5) is 21.0 Å². The second-order valence-electron chi connectivity index (χ2n) is 8.64. The number of anilines is 2. The van der Waals surface area contributed by atoms with Crippen molar-refractivity contribution in [3.05, 3.63) is 30.6 Å². The number of rotatable bonds is 3. The molecule has 0 spiro atoms. The van der Waals surface area contributed by atoms with Crippen LogP contribution in [-0.2, 0) is 14.2 Å². The maximum Gasteiger partial charge on any atom is 0.414 e. The van der Waals surface area contributed by atoms with E-state index in [0.29, 0.717) is 50.0 Å². The van der Waals surface area contributed by atoms with Crippen molar-refractivity contribution in [3.63, 3.8) is 0 Å². The van der Waals surface area contributed by atoms with Crippen LogP contribution in [0.3, 0.4) is 0 Å². The van der Waals surface area contributed by atoms with E-state index < -0.39 is 12.2 Å². The molecule has 1 aromatic heterocycles. The van der Waals surface area contributed by atoms with E-state index in [0.717, 1.165) is 24.0 Å². The molecule has 3 aliphatic rings. The fraction of sp³-hybridized carbons (Fsp3) is 0.522. The highest BCUT2D eigenvalue weighted by atomic mass is 16.6. The van der Waals surface area contributed by atoms with E-state index in [1.165, 1.54) is 7.11 Å². The fourth-order valence-electron chi connectivity index (χ4n) is 4.38. The number of ether oxygens (including phenoxy) is 3. The van der Waals surface area contributed by atoms with Gasteiger partial charge in [0.2, 0.25) is 0 Å². The molecular formula is C23H28N4O5. The largest absolute Gasteiger partial charge is 0.452 e. The van der Waals surface area contributed by atoms with E-state index >= 15 is 0 Å². The van der Waals surface area contributed by atoms with Crippen LogP contribution in [0, 0.1) is 0 Å². The highest BCUT2D eigenvalue weighted by Gasteiger charge is 2.37. The van der Waals surface area contributed by atoms with Crippen molar-refractivity contribution in [2.75, 3.05) is 36.7 Å². The van der Waals surface area contributed by atoms with Crippen LogP contribution in [-0.4, -0.2) is 61.0 Å². The Morgan fingerprint density at radius 1 is 1.06 bits per heavy atom. The van der Waals surface area contributed by atoms with E-state index in [9.17, 15) is 9.59 Å². The van der Waals surface area contributed by atoms with Crippen molar-refractivity contribution in [2.24, 2.45) is 0 Å². The zero-order valence-electron chi connectivity index (χ0n) is 18.4. The topological polar surface area (TPSA) is 86.1 Å². The van der Waals surface area contributed by atoms with Crippen molar-refractivity contribution < 1.29 is 23.8 Å². The van der Waals surface area contributed by atoms with Gasteiger partial charge in [0.25, 0.3) is 0 Å². The second-order valence-corrected chi connectivity index (χ2v) is 8.64. The van der Waals surface area contributed by atoms with Gasteiger partial charge < -0.3 is 14.2 Å². The number of fused-ring (bicyclic) bond motifs is 1. The minimum atomic E-state index is -0.453. The molecule has 1 saturated heterocycles. The van der Waals surface area contributed by atoms with E-state index in [1.54, 1.807) is 9.80 Å². The maximum absolute atomic E-state index is 13.2. The number of hydrogen-bond acceptors (Lipinski definition) is 6. The molecule has 1 unspecified atom stereocenters. The molecule has 2 aromatic rings. The molecule has 0 radical (unpaired) electrons. The van der Waals surface area contributed by atoms with E-state index in [1.807, 2.05) is 42.2 Å². The van der Waals surface area contributed by atoms with Crippen LogP contribution >= 0.6 is 0 Å². The Morgan fingerprint density at radius 3 is 2.56 bits per heavy atom. The van der Waals surface area contributed by atoms with E-state index in [-0.39, 0.29) is 12.1 Å². The standard InChI is InChI=1S/C23H28N4O5/c1-15-13-25(22(28)32-19-7-9-31-10-8-19)21-11-16(3-6-20(21)27(15)23(29)30-2)17-12-24-26(14-17)18-4-5-18/h3,6,11-12,14-15,18-19H,4-5,7-10,13H2,1-2H3. The Hall–Kier alpha value is -3.07. The summed E-state index contributed by atoms with van der Waals surface area (Å²) >= 11 is 0. The number of carbonyl (C=O) groups is 2. The van der Waals surface area contributed by atoms with Crippen molar-refractivity contribution >= 4 is 23.6 Å². The number of benzene rings is 1. The Bertz CT molecular complexity index is 1010. The minimum Gasteiger partial charge on any atom is -0.452 e. The molecule has 32 heavy (non-hydrogen) atoms. The molecule has 1 aromatic carbocycles. The molecule has 0 bridgehead atoms. The predicted molar refractivity (Wildman–Crippen MR) is 118 cm³/mol. The molecule has 170 valence electrons. The van der Waals surface area contributed by atoms with Gasteiger partial charge in [0, 0.05) is 24.6 Å². The minimum absolute atomic E-state index is 0.159. The van der Waals surface area contributed by atoms with Crippen LogP contribution < -0.4 is 9.80 Å². The van der Waals surface area contributed by atoms with Crippen molar-refractivity contribution in [2.45, 2.75) is 50.8 Å². The third-order valence-electron chi connectivity index (χ3n) is 6.30. The van der Waals surface area contributed by atoms with Gasteiger partial charge in [-0.2, -0.15) is 5.10 Å². The summed E-state index contributed by atoms with van der Waals surface area (Å²) in [4.78, 5) is 28.9. The van der Waals surface area contributed by atoms with Gasteiger partial charge >= 0.3 is 12.2 Å². The molecule has 2 aliphatic heterocycles. The van der Waals surface area contributed by atoms with Crippen LogP contribution in [0.5, 0.6) is 0 Å². The summed E-state index contributed by atoms with van der Waals surface area (Å²) in [5, 5.41) is 4.48. The first-order valence-corrected chi connectivity index (χ1v) is 11.2. The highest BCUT2D eigenvalue weighted by molar-refractivity contribution is 6.01. The number of nitrogens with zero attached hydrogens (tertiary/aromatic N) is 4. The Morgan fingerprint density at radius 2 is 1.84 bits per heavy atom. The van der Waals surface area contributed by atoms with Gasteiger partial charge in [-0.1, -0.05) is 6.07 Å². The second kappa shape index (κ2) is 8.46. The van der Waals surface area contributed by atoms with Crippen molar-refractivity contribution in [1.82, 2.24) is 9.78 Å². The summed E-state index contributed by atoms with van der Waals surface area (Å²) in [7, 11) is 1.36. The third kappa shape index (κ3) is 3.92. The average molecular weight is 441 g/mol. The van der Waals surface area contributed by atoms with Crippen LogP contribution in [0.25, 0.3) is 11.1 Å². The van der Waals surface area contributed by atoms with Crippen LogP contribution in [0.15, 0.2) is 30.6 Å². The average Bonchev–Trinajstić information content (AvgIpc) is 3.55. The molecule has 9 heteroatoms. The molecule has 1 aliphatic carbocycles. The Kier molecular flexibility index (Phi) is 5.50. The van der Waals surface area contributed by atoms with Crippen molar-refractivity contribution in [1.29, 1.82) is 0 Å². The molecule has 1 atom stereocenters. The fourth-order valence-corrected chi connectivity index (χ4v) is 4.38. The first-order chi connectivity index (χ1) is 15.5. The lowest BCUT2D eigenvalue weighted by molar-refractivity contribution is 0.00366. The summed E-state index contributed by atoms with van der Waals surface area (Å²) in [6.07, 6.45) is 6.56. The predicted octanol–water partition coefficient (Wildman–Crippen LogP) is 3.98. The number of aromatic nitrogens is 2. The summed E-state index contributed by atoms with van der Waals surface area (Å²) in [6, 6.07) is 5.96. The Balaban J connectivity index is 1.49. The van der Waals surface area contributed by atoms with E-state index in [4.69, 9.17) is 14.2 Å². The molecule has 5 rings (SSSR count). The van der Waals surface area contributed by atoms with Gasteiger partial charge in [0.15, 0.2) is 0 Å². The van der Waals surface area contributed by atoms with Crippen LogP contribution in [0.2, 0.25) is 0 Å². The molecular weight excluding hydrogens is 412 g/mol. The monoisotopic (exact) mass is 440 g/mol. The summed E-state index contributed by atoms with van der Waals surface area (Å²) < 4.78 is 18.2. The zero-order valence-corrected chi connectivity index (χ0v) is 18.4. The molecule has 0 N–H and O–H groups in total. The van der Waals surface area contributed by atoms with Gasteiger partial charge in [0.1, 0.15) is 6.10 Å². The molecule has 9 nitrogen and oxygen atoms in total. The summed E-state index contributed by atoms with van der Waals surface area (Å²) in [5.74, 6) is 0. The lowest BCUT2D eigenvalue weighted by Gasteiger charge is -2.40. The van der Waals surface area contributed by atoms with Gasteiger partial charge in [0.05, 0.1) is 56.5 Å². The zero-order chi connectivity index (χ0) is 22.2. The number of carbonyl (C=O) groups excluding carboxylic acids is 2. The summed E-state index contributed by atoms with van der Waals surface area (Å²) in [5.41, 5.74) is 3.15. The molecule has 2 amide bonds. The normalized spacial score (nSPS) is 21.2. The maximum atomic E-state index is 13.2. The Labute approximate surface area is 186 Å². The molecule has 2 fully saturated rings. The smallest absolute Gasteiger partial charge is 0.414 e. The first-order valence-electron chi connectivity index (χ1n) is 11.2. The van der Waals surface area contributed by atoms with Gasteiger partial charge in [-0.25, -0.2) is 9.59 Å². The van der Waals surface area contributed by atoms with Crippen molar-refractivity contribution in [3.8, 4) is 11.1 Å².